The molecule has 0 saturated carbocycles. The molecule has 2 aromatic rings. The summed E-state index contributed by atoms with van der Waals surface area (Å²) in [4.78, 5) is 16.6. The number of amides is 1. The van der Waals surface area contributed by atoms with E-state index < -0.39 is 28.1 Å². The van der Waals surface area contributed by atoms with Crippen molar-refractivity contribution in [1.29, 1.82) is 0 Å². The summed E-state index contributed by atoms with van der Waals surface area (Å²) in [5.41, 5.74) is 1.34. The van der Waals surface area contributed by atoms with Crippen molar-refractivity contribution in [2.45, 2.75) is 24.0 Å². The fraction of sp³-hybridized carbons (Fsp3) is 0.333. The molecule has 0 aromatic carbocycles. The number of rotatable bonds is 3. The van der Waals surface area contributed by atoms with E-state index in [1.807, 2.05) is 0 Å². The van der Waals surface area contributed by atoms with Gasteiger partial charge in [-0.2, -0.15) is 0 Å². The maximum Gasteiger partial charge on any atom is 0.276 e. The second kappa shape index (κ2) is 6.74. The number of pyridine rings is 1. The summed E-state index contributed by atoms with van der Waals surface area (Å²) in [6.07, 6.45) is 1.93. The number of nitrogens with zero attached hydrogens (tertiary/aromatic N) is 2. The highest BCUT2D eigenvalue weighted by Crippen LogP contribution is 2.33. The first-order chi connectivity index (χ1) is 12.2. The number of carbonyl (C=O) groups excluding carboxylic acids is 1. The maximum atomic E-state index is 12.7. The Kier molecular flexibility index (Phi) is 4.78. The molecular formula is C15H19BN4O5S. The number of fused-ring (bicyclic) bond motifs is 1. The van der Waals surface area contributed by atoms with Crippen LogP contribution in [0.15, 0.2) is 29.4 Å². The number of aromatic nitrogens is 2. The quantitative estimate of drug-likeness (QED) is 0.550. The second-order valence-corrected chi connectivity index (χ2v) is 7.88. The SMILES string of the molecule is Bc1cc(NC(=O)c2c3c(cn2C)S(=O)(=O)NC(C(C)O)CO3)ccn1. The van der Waals surface area contributed by atoms with E-state index in [-0.39, 0.29) is 22.9 Å². The highest BCUT2D eigenvalue weighted by atomic mass is 32.2. The third-order valence-electron chi connectivity index (χ3n) is 4.06. The van der Waals surface area contributed by atoms with Gasteiger partial charge in [0.1, 0.15) is 11.5 Å². The van der Waals surface area contributed by atoms with Crippen molar-refractivity contribution in [1.82, 2.24) is 14.3 Å². The molecule has 0 saturated heterocycles. The van der Waals surface area contributed by atoms with E-state index in [1.54, 1.807) is 33.2 Å². The molecule has 1 amide bonds. The number of aliphatic hydroxyl groups is 1. The summed E-state index contributed by atoms with van der Waals surface area (Å²) in [7, 11) is -0.578. The second-order valence-electron chi connectivity index (χ2n) is 6.20. The van der Waals surface area contributed by atoms with E-state index >= 15 is 0 Å². The van der Waals surface area contributed by atoms with Crippen LogP contribution in [0.25, 0.3) is 0 Å². The van der Waals surface area contributed by atoms with Crippen molar-refractivity contribution in [3.63, 3.8) is 0 Å². The van der Waals surface area contributed by atoms with Crippen LogP contribution in [-0.2, 0) is 17.1 Å². The predicted octanol–water partition coefficient (Wildman–Crippen LogP) is -1.65. The van der Waals surface area contributed by atoms with Crippen LogP contribution in [0.1, 0.15) is 17.4 Å². The molecule has 11 heteroatoms. The van der Waals surface area contributed by atoms with Gasteiger partial charge in [0.15, 0.2) is 19.3 Å². The molecular weight excluding hydrogens is 359 g/mol. The average Bonchev–Trinajstić information content (AvgIpc) is 2.82. The van der Waals surface area contributed by atoms with Crippen molar-refractivity contribution in [3.05, 3.63) is 30.2 Å². The third-order valence-corrected chi connectivity index (χ3v) is 5.54. The molecule has 3 rings (SSSR count). The molecule has 138 valence electrons. The zero-order chi connectivity index (χ0) is 19.1. The third kappa shape index (κ3) is 3.46. The monoisotopic (exact) mass is 378 g/mol. The van der Waals surface area contributed by atoms with E-state index in [4.69, 9.17) is 4.74 Å². The summed E-state index contributed by atoms with van der Waals surface area (Å²) < 4.78 is 34.5. The lowest BCUT2D eigenvalue weighted by Crippen LogP contribution is -2.44. The van der Waals surface area contributed by atoms with E-state index in [1.165, 1.54) is 17.7 Å². The van der Waals surface area contributed by atoms with Crippen LogP contribution in [0, 0.1) is 0 Å². The summed E-state index contributed by atoms with van der Waals surface area (Å²) >= 11 is 0. The minimum absolute atomic E-state index is 0.0357. The fourth-order valence-corrected chi connectivity index (χ4v) is 4.18. The Balaban J connectivity index is 1.98. The number of aliphatic hydroxyl groups excluding tert-OH is 1. The Morgan fingerprint density at radius 1 is 1.58 bits per heavy atom. The Morgan fingerprint density at radius 3 is 2.96 bits per heavy atom. The first-order valence-corrected chi connectivity index (χ1v) is 9.44. The maximum absolute atomic E-state index is 12.7. The van der Waals surface area contributed by atoms with Crippen LogP contribution in [0.5, 0.6) is 5.75 Å². The van der Waals surface area contributed by atoms with E-state index in [9.17, 15) is 18.3 Å². The fourth-order valence-electron chi connectivity index (χ4n) is 2.69. The van der Waals surface area contributed by atoms with E-state index in [2.05, 4.69) is 15.0 Å². The number of sulfonamides is 1. The lowest BCUT2D eigenvalue weighted by molar-refractivity contribution is 0.100. The molecule has 9 nitrogen and oxygen atoms in total. The highest BCUT2D eigenvalue weighted by molar-refractivity contribution is 7.89. The Bertz CT molecular complexity index is 957. The normalized spacial score (nSPS) is 19.7. The molecule has 3 heterocycles. The molecule has 0 spiro atoms. The minimum atomic E-state index is -3.93. The minimum Gasteiger partial charge on any atom is -0.488 e. The van der Waals surface area contributed by atoms with Crippen molar-refractivity contribution in [2.75, 3.05) is 11.9 Å². The first-order valence-electron chi connectivity index (χ1n) is 7.95. The molecule has 0 bridgehead atoms. The van der Waals surface area contributed by atoms with Gasteiger partial charge >= 0.3 is 0 Å². The van der Waals surface area contributed by atoms with Gasteiger partial charge in [0.2, 0.25) is 10.0 Å². The number of carbonyl (C=O) groups is 1. The molecule has 2 aromatic heterocycles. The Labute approximate surface area is 151 Å². The van der Waals surface area contributed by atoms with Crippen LogP contribution in [-0.4, -0.2) is 55.6 Å². The zero-order valence-electron chi connectivity index (χ0n) is 14.6. The number of aryl methyl sites for hydroxylation is 1. The average molecular weight is 378 g/mol. The number of hydrogen-bond donors (Lipinski definition) is 3. The van der Waals surface area contributed by atoms with Gasteiger partial charge in [0, 0.05) is 25.1 Å². The molecule has 3 N–H and O–H groups in total. The molecule has 26 heavy (non-hydrogen) atoms. The molecule has 0 radical (unpaired) electrons. The highest BCUT2D eigenvalue weighted by Gasteiger charge is 2.35. The topological polar surface area (TPSA) is 123 Å². The van der Waals surface area contributed by atoms with E-state index in [0.717, 1.165) is 5.59 Å². The molecule has 2 unspecified atom stereocenters. The van der Waals surface area contributed by atoms with Gasteiger partial charge in [0.05, 0.1) is 12.1 Å². The van der Waals surface area contributed by atoms with Gasteiger partial charge < -0.3 is 19.7 Å². The molecule has 2 atom stereocenters. The van der Waals surface area contributed by atoms with Crippen LogP contribution >= 0.6 is 0 Å². The van der Waals surface area contributed by atoms with Crippen LogP contribution in [0.3, 0.4) is 0 Å². The van der Waals surface area contributed by atoms with Crippen molar-refractivity contribution < 1.29 is 23.1 Å². The largest absolute Gasteiger partial charge is 0.488 e. The van der Waals surface area contributed by atoms with Gasteiger partial charge in [-0.05, 0) is 24.6 Å². The van der Waals surface area contributed by atoms with Gasteiger partial charge in [-0.15, -0.1) is 0 Å². The lowest BCUT2D eigenvalue weighted by atomic mass is 10.0. The predicted molar refractivity (Wildman–Crippen MR) is 97.1 cm³/mol. The van der Waals surface area contributed by atoms with Gasteiger partial charge in [-0.1, -0.05) is 0 Å². The summed E-state index contributed by atoms with van der Waals surface area (Å²) in [6, 6.07) is 2.52. The first kappa shape index (κ1) is 18.4. The molecule has 0 fully saturated rings. The molecule has 1 aliphatic rings. The van der Waals surface area contributed by atoms with Gasteiger partial charge in [-0.3, -0.25) is 9.78 Å². The Morgan fingerprint density at radius 2 is 2.31 bits per heavy atom. The van der Waals surface area contributed by atoms with Crippen LogP contribution in [0.2, 0.25) is 0 Å². The summed E-state index contributed by atoms with van der Waals surface area (Å²) in [5, 5.41) is 12.4. The summed E-state index contributed by atoms with van der Waals surface area (Å²) in [5.74, 6) is -0.545. The standard InChI is InChI=1S/C15H19BN4O5S/c1-8(21)10-7-25-14-11(26(23,24)19-10)6-20(2)13(14)15(22)18-9-3-4-17-12(16)5-9/h3-6,8,10,19,21H,7,16H2,1-2H3,(H,17,18,22). The number of anilines is 1. The summed E-state index contributed by atoms with van der Waals surface area (Å²) in [6.45, 7) is 1.37. The molecule has 0 aliphatic carbocycles. The number of nitrogens with one attached hydrogen (secondary N) is 2. The molecule has 1 aliphatic heterocycles. The van der Waals surface area contributed by atoms with Crippen molar-refractivity contribution in [3.8, 4) is 5.75 Å². The number of hydrogen-bond acceptors (Lipinski definition) is 6. The van der Waals surface area contributed by atoms with Crippen molar-refractivity contribution >= 4 is 35.1 Å². The number of ether oxygens (including phenoxy) is 1. The van der Waals surface area contributed by atoms with Crippen LogP contribution < -0.4 is 20.4 Å². The van der Waals surface area contributed by atoms with E-state index in [0.29, 0.717) is 5.69 Å². The zero-order valence-corrected chi connectivity index (χ0v) is 15.4. The van der Waals surface area contributed by atoms with Gasteiger partial charge in [0.25, 0.3) is 5.91 Å². The van der Waals surface area contributed by atoms with Crippen molar-refractivity contribution in [2.24, 2.45) is 7.05 Å². The smallest absolute Gasteiger partial charge is 0.276 e. The van der Waals surface area contributed by atoms with Crippen LogP contribution in [0.4, 0.5) is 5.69 Å². The van der Waals surface area contributed by atoms with Gasteiger partial charge in [-0.25, -0.2) is 13.1 Å². The Hall–Kier alpha value is -2.37. The lowest BCUT2D eigenvalue weighted by Gasteiger charge is -2.18.